The molecule has 0 radical (unpaired) electrons. The Morgan fingerprint density at radius 3 is 1.95 bits per heavy atom. The molecule has 1 aliphatic heterocycles. The number of aromatic nitrogens is 2. The van der Waals surface area contributed by atoms with Crippen molar-refractivity contribution in [2.75, 3.05) is 13.2 Å². The number of imide groups is 1. The van der Waals surface area contributed by atoms with Crippen LogP contribution in [-0.2, 0) is 25.6 Å². The molecule has 4 rings (SSSR count). The van der Waals surface area contributed by atoms with Gasteiger partial charge in [-0.25, -0.2) is 24.0 Å². The number of carbonyl (C=O) groups is 5. The first-order chi connectivity index (χ1) is 19.2. The summed E-state index contributed by atoms with van der Waals surface area (Å²) in [6.45, 7) is 2.13. The molecule has 3 amide bonds. The number of esters is 2. The maximum Gasteiger partial charge on any atom is 0.366 e. The normalized spacial score (nSPS) is 12.6. The van der Waals surface area contributed by atoms with Crippen molar-refractivity contribution >= 4 is 35.5 Å². The average Bonchev–Trinajstić information content (AvgIpc) is 3.47. The predicted octanol–water partition coefficient (Wildman–Crippen LogP) is 1.69. The Bertz CT molecular complexity index is 1460. The third-order valence-corrected chi connectivity index (χ3v) is 5.96. The zero-order chi connectivity index (χ0) is 29.0. The molecule has 0 bridgehead atoms. The number of fused-ring (bicyclic) bond motifs is 1. The van der Waals surface area contributed by atoms with Crippen molar-refractivity contribution in [1.29, 1.82) is 0 Å². The van der Waals surface area contributed by atoms with Crippen LogP contribution in [0.3, 0.4) is 0 Å². The molecule has 1 aromatic heterocycles. The van der Waals surface area contributed by atoms with E-state index in [1.54, 1.807) is 30.3 Å². The van der Waals surface area contributed by atoms with E-state index in [9.17, 15) is 34.1 Å². The molecule has 14 nitrogen and oxygen atoms in total. The van der Waals surface area contributed by atoms with Crippen LogP contribution in [0.5, 0.6) is 0 Å². The van der Waals surface area contributed by atoms with Gasteiger partial charge < -0.3 is 24.9 Å². The van der Waals surface area contributed by atoms with E-state index >= 15 is 0 Å². The molecule has 2 aromatic carbocycles. The number of carbonyl (C=O) groups excluding carboxylic acids is 5. The average molecular weight is 549 g/mol. The molecular weight excluding hydrogens is 526 g/mol. The second kappa shape index (κ2) is 11.1. The molecule has 0 aliphatic carbocycles. The summed E-state index contributed by atoms with van der Waals surface area (Å²) in [5.74, 6) is -7.37. The van der Waals surface area contributed by atoms with Gasteiger partial charge in [-0.3, -0.25) is 14.4 Å². The molecule has 0 fully saturated rings. The molecule has 0 spiro atoms. The number of nitro groups is 1. The molecule has 206 valence electrons. The third kappa shape index (κ3) is 4.66. The SMILES string of the molecule is CCOC(=O)C(NC(=O)c1ncn(Cc2ccccc2)c1[N+](=O)[O-])(C(=O)OCC)N1C(=O)c2ccccc2C1=O. The highest BCUT2D eigenvalue weighted by atomic mass is 16.6. The number of benzene rings is 2. The van der Waals surface area contributed by atoms with Crippen molar-refractivity contribution in [3.63, 3.8) is 0 Å². The van der Waals surface area contributed by atoms with Gasteiger partial charge in [0.25, 0.3) is 17.7 Å². The third-order valence-electron chi connectivity index (χ3n) is 5.96. The van der Waals surface area contributed by atoms with Crippen molar-refractivity contribution < 1.29 is 38.4 Å². The number of hydrogen-bond donors (Lipinski definition) is 1. The molecule has 14 heteroatoms. The lowest BCUT2D eigenvalue weighted by atomic mass is 10.1. The standard InChI is InChI=1S/C26H23N5O9/c1-3-39-24(35)26(25(36)40-4-2,30-22(33)17-12-8-9-13-18(17)23(30)34)28-20(32)19-21(31(37)38)29(15-27-19)14-16-10-6-5-7-11-16/h5-13,15H,3-4,14H2,1-2H3,(H,28,32). The van der Waals surface area contributed by atoms with Crippen LogP contribution in [0.25, 0.3) is 0 Å². The molecule has 1 N–H and O–H groups in total. The zero-order valence-corrected chi connectivity index (χ0v) is 21.4. The fourth-order valence-corrected chi connectivity index (χ4v) is 4.24. The van der Waals surface area contributed by atoms with Gasteiger partial charge in [0.1, 0.15) is 6.54 Å². The summed E-state index contributed by atoms with van der Waals surface area (Å²) in [5.41, 5.74) is -3.56. The van der Waals surface area contributed by atoms with E-state index in [-0.39, 0.29) is 35.8 Å². The molecule has 0 unspecified atom stereocenters. The minimum Gasteiger partial charge on any atom is -0.462 e. The predicted molar refractivity (Wildman–Crippen MR) is 135 cm³/mol. The van der Waals surface area contributed by atoms with Crippen molar-refractivity contribution in [3.05, 3.63) is 93.4 Å². The summed E-state index contributed by atoms with van der Waals surface area (Å²) in [7, 11) is 0. The molecule has 3 aromatic rings. The largest absolute Gasteiger partial charge is 0.462 e. The first-order valence-corrected chi connectivity index (χ1v) is 12.1. The molecule has 2 heterocycles. The fraction of sp³-hybridized carbons (Fsp3) is 0.231. The molecule has 0 saturated carbocycles. The highest BCUT2D eigenvalue weighted by Crippen LogP contribution is 2.31. The summed E-state index contributed by atoms with van der Waals surface area (Å²) in [4.78, 5) is 82.4. The van der Waals surface area contributed by atoms with Crippen LogP contribution in [0, 0.1) is 10.1 Å². The van der Waals surface area contributed by atoms with Crippen LogP contribution in [-0.4, -0.2) is 67.9 Å². The summed E-state index contributed by atoms with van der Waals surface area (Å²) in [6, 6.07) is 14.1. The Morgan fingerprint density at radius 2 is 1.45 bits per heavy atom. The van der Waals surface area contributed by atoms with Gasteiger partial charge in [-0.05, 0) is 36.5 Å². The van der Waals surface area contributed by atoms with Crippen LogP contribution in [0.4, 0.5) is 5.82 Å². The Balaban J connectivity index is 1.83. The van der Waals surface area contributed by atoms with Crippen LogP contribution >= 0.6 is 0 Å². The van der Waals surface area contributed by atoms with Gasteiger partial charge in [-0.2, -0.15) is 0 Å². The number of rotatable bonds is 10. The summed E-state index contributed by atoms with van der Waals surface area (Å²) < 4.78 is 11.1. The van der Waals surface area contributed by atoms with E-state index in [0.29, 0.717) is 5.56 Å². The monoisotopic (exact) mass is 549 g/mol. The first-order valence-electron chi connectivity index (χ1n) is 12.1. The van der Waals surface area contributed by atoms with Crippen molar-refractivity contribution in [3.8, 4) is 0 Å². The smallest absolute Gasteiger partial charge is 0.366 e. The van der Waals surface area contributed by atoms with Gasteiger partial charge in [0, 0.05) is 0 Å². The lowest BCUT2D eigenvalue weighted by Gasteiger charge is -2.35. The lowest BCUT2D eigenvalue weighted by molar-refractivity contribution is -0.392. The van der Waals surface area contributed by atoms with E-state index < -0.39 is 51.8 Å². The second-order valence-electron chi connectivity index (χ2n) is 8.38. The van der Waals surface area contributed by atoms with E-state index in [0.717, 1.165) is 10.9 Å². The van der Waals surface area contributed by atoms with Gasteiger partial charge in [-0.1, -0.05) is 42.5 Å². The van der Waals surface area contributed by atoms with Crippen LogP contribution in [0.1, 0.15) is 50.6 Å². The van der Waals surface area contributed by atoms with Gasteiger partial charge in [0.15, 0.2) is 6.33 Å². The summed E-state index contributed by atoms with van der Waals surface area (Å²) in [5, 5.41) is 14.1. The zero-order valence-electron chi connectivity index (χ0n) is 21.4. The minimum absolute atomic E-state index is 0.0310. The second-order valence-corrected chi connectivity index (χ2v) is 8.38. The molecule has 1 aliphatic rings. The topological polar surface area (TPSA) is 180 Å². The van der Waals surface area contributed by atoms with Crippen LogP contribution in [0.2, 0.25) is 0 Å². The number of nitrogens with zero attached hydrogens (tertiary/aromatic N) is 4. The number of imidazole rings is 1. The highest BCUT2D eigenvalue weighted by molar-refractivity contribution is 6.27. The van der Waals surface area contributed by atoms with Crippen molar-refractivity contribution in [1.82, 2.24) is 19.8 Å². The van der Waals surface area contributed by atoms with Crippen LogP contribution < -0.4 is 5.32 Å². The maximum atomic E-state index is 13.6. The fourth-order valence-electron chi connectivity index (χ4n) is 4.24. The number of hydrogen-bond acceptors (Lipinski definition) is 10. The van der Waals surface area contributed by atoms with Crippen molar-refractivity contribution in [2.45, 2.75) is 26.1 Å². The Kier molecular flexibility index (Phi) is 7.70. The van der Waals surface area contributed by atoms with Gasteiger partial charge in [0.05, 0.1) is 24.3 Å². The van der Waals surface area contributed by atoms with Gasteiger partial charge in [0.2, 0.25) is 5.69 Å². The molecular formula is C26H23N5O9. The summed E-state index contributed by atoms with van der Waals surface area (Å²) >= 11 is 0. The Labute approximate surface area is 226 Å². The minimum atomic E-state index is -3.16. The highest BCUT2D eigenvalue weighted by Gasteiger charge is 2.63. The van der Waals surface area contributed by atoms with Gasteiger partial charge >= 0.3 is 23.4 Å². The number of nitrogens with one attached hydrogen (secondary N) is 1. The van der Waals surface area contributed by atoms with E-state index in [2.05, 4.69) is 4.98 Å². The summed E-state index contributed by atoms with van der Waals surface area (Å²) in [6.07, 6.45) is 1.04. The van der Waals surface area contributed by atoms with Gasteiger partial charge in [-0.15, -0.1) is 0 Å². The maximum absolute atomic E-state index is 13.6. The molecule has 0 atom stereocenters. The lowest BCUT2D eigenvalue weighted by Crippen LogP contribution is -2.72. The van der Waals surface area contributed by atoms with E-state index in [4.69, 9.17) is 9.47 Å². The first kappa shape index (κ1) is 27.6. The van der Waals surface area contributed by atoms with E-state index in [1.807, 2.05) is 5.32 Å². The number of ether oxygens (including phenoxy) is 2. The number of amides is 3. The molecule has 40 heavy (non-hydrogen) atoms. The van der Waals surface area contributed by atoms with Crippen molar-refractivity contribution in [2.24, 2.45) is 0 Å². The quantitative estimate of drug-likeness (QED) is 0.128. The van der Waals surface area contributed by atoms with E-state index in [1.165, 1.54) is 38.1 Å². The molecule has 0 saturated heterocycles. The Morgan fingerprint density at radius 1 is 0.925 bits per heavy atom. The Hall–Kier alpha value is -5.40. The van der Waals surface area contributed by atoms with Crippen LogP contribution in [0.15, 0.2) is 60.9 Å².